The monoisotopic (exact) mass is 336 g/mol. The molecule has 0 spiro atoms. The molecule has 0 fully saturated rings. The van der Waals surface area contributed by atoms with Gasteiger partial charge in [0.15, 0.2) is 0 Å². The van der Waals surface area contributed by atoms with Crippen LogP contribution < -0.4 is 0 Å². The molecule has 0 amide bonds. The van der Waals surface area contributed by atoms with Crippen molar-refractivity contribution in [3.05, 3.63) is 48.8 Å². The SMILES string of the molecule is [Ir].[c-]1ccccc1-n1cccn1. The van der Waals surface area contributed by atoms with Crippen LogP contribution in [0.3, 0.4) is 0 Å². The zero-order chi connectivity index (χ0) is 7.52. The van der Waals surface area contributed by atoms with E-state index < -0.39 is 0 Å². The molecule has 0 unspecified atom stereocenters. The van der Waals surface area contributed by atoms with Gasteiger partial charge >= 0.3 is 0 Å². The number of benzene rings is 1. The fourth-order valence-electron chi connectivity index (χ4n) is 0.938. The summed E-state index contributed by atoms with van der Waals surface area (Å²) in [4.78, 5) is 0. The zero-order valence-electron chi connectivity index (χ0n) is 6.27. The number of hydrogen-bond donors (Lipinski definition) is 0. The Kier molecular flexibility index (Phi) is 3.20. The van der Waals surface area contributed by atoms with Gasteiger partial charge in [-0.1, -0.05) is 0 Å². The molecular formula is C9H7IrN2-. The molecule has 63 valence electrons. The third-order valence-corrected chi connectivity index (χ3v) is 1.44. The van der Waals surface area contributed by atoms with E-state index in [1.807, 2.05) is 36.5 Å². The summed E-state index contributed by atoms with van der Waals surface area (Å²) in [5.41, 5.74) is 0.970. The smallest absolute Gasteiger partial charge is 0.0493 e. The average molecular weight is 335 g/mol. The van der Waals surface area contributed by atoms with Crippen molar-refractivity contribution in [2.45, 2.75) is 0 Å². The van der Waals surface area contributed by atoms with E-state index in [-0.39, 0.29) is 20.1 Å². The van der Waals surface area contributed by atoms with Gasteiger partial charge in [0, 0.05) is 32.5 Å². The van der Waals surface area contributed by atoms with E-state index in [0.717, 1.165) is 5.69 Å². The molecule has 0 aliphatic heterocycles. The van der Waals surface area contributed by atoms with Crippen LogP contribution >= 0.6 is 0 Å². The number of aromatic nitrogens is 2. The minimum Gasteiger partial charge on any atom is -0.266 e. The van der Waals surface area contributed by atoms with Crippen molar-refractivity contribution in [2.24, 2.45) is 0 Å². The normalized spacial score (nSPS) is 9.00. The van der Waals surface area contributed by atoms with Gasteiger partial charge in [-0.2, -0.15) is 29.4 Å². The number of nitrogens with zero attached hydrogens (tertiary/aromatic N) is 2. The van der Waals surface area contributed by atoms with E-state index >= 15 is 0 Å². The molecule has 2 aromatic rings. The summed E-state index contributed by atoms with van der Waals surface area (Å²) in [6, 6.07) is 12.7. The number of hydrogen-bond acceptors (Lipinski definition) is 1. The predicted octanol–water partition coefficient (Wildman–Crippen LogP) is 1.67. The Morgan fingerprint density at radius 2 is 2.17 bits per heavy atom. The van der Waals surface area contributed by atoms with E-state index in [9.17, 15) is 0 Å². The summed E-state index contributed by atoms with van der Waals surface area (Å²) in [6.45, 7) is 0. The maximum atomic E-state index is 4.07. The van der Waals surface area contributed by atoms with Crippen molar-refractivity contribution in [3.63, 3.8) is 0 Å². The second-order valence-corrected chi connectivity index (χ2v) is 2.20. The van der Waals surface area contributed by atoms with Crippen LogP contribution in [-0.4, -0.2) is 9.78 Å². The number of para-hydroxylation sites is 1. The molecule has 12 heavy (non-hydrogen) atoms. The molecule has 0 aliphatic rings. The molecule has 0 bridgehead atoms. The van der Waals surface area contributed by atoms with Gasteiger partial charge in [0.25, 0.3) is 0 Å². The Labute approximate surface area is 84.6 Å². The quantitative estimate of drug-likeness (QED) is 0.725. The van der Waals surface area contributed by atoms with E-state index in [4.69, 9.17) is 0 Å². The van der Waals surface area contributed by atoms with Gasteiger partial charge in [-0.3, -0.25) is 4.68 Å². The fourth-order valence-corrected chi connectivity index (χ4v) is 0.938. The van der Waals surface area contributed by atoms with E-state index in [1.165, 1.54) is 0 Å². The molecule has 0 saturated heterocycles. The second-order valence-electron chi connectivity index (χ2n) is 2.20. The van der Waals surface area contributed by atoms with Crippen LogP contribution in [-0.2, 0) is 20.1 Å². The van der Waals surface area contributed by atoms with Gasteiger partial charge in [0.2, 0.25) is 0 Å². The Hall–Kier alpha value is -0.921. The molecule has 1 aromatic carbocycles. The molecular weight excluding hydrogens is 328 g/mol. The average Bonchev–Trinajstić information content (AvgIpc) is 2.58. The van der Waals surface area contributed by atoms with Crippen LogP contribution in [0.5, 0.6) is 0 Å². The summed E-state index contributed by atoms with van der Waals surface area (Å²) < 4.78 is 1.78. The minimum atomic E-state index is 0. The van der Waals surface area contributed by atoms with Crippen molar-refractivity contribution >= 4 is 0 Å². The minimum absolute atomic E-state index is 0. The van der Waals surface area contributed by atoms with Gasteiger partial charge in [-0.05, 0) is 11.8 Å². The van der Waals surface area contributed by atoms with Crippen LogP contribution in [0.4, 0.5) is 0 Å². The van der Waals surface area contributed by atoms with Gasteiger partial charge < -0.3 is 0 Å². The van der Waals surface area contributed by atoms with Crippen LogP contribution in [0, 0.1) is 6.07 Å². The molecule has 2 rings (SSSR count). The Balaban J connectivity index is 0.000000720. The topological polar surface area (TPSA) is 17.8 Å². The summed E-state index contributed by atoms with van der Waals surface area (Å²) in [5, 5.41) is 4.07. The van der Waals surface area contributed by atoms with E-state index in [2.05, 4.69) is 11.2 Å². The van der Waals surface area contributed by atoms with Gasteiger partial charge in [-0.25, -0.2) is 0 Å². The van der Waals surface area contributed by atoms with Crippen LogP contribution in [0.2, 0.25) is 0 Å². The van der Waals surface area contributed by atoms with Crippen molar-refractivity contribution in [3.8, 4) is 5.69 Å². The van der Waals surface area contributed by atoms with Gasteiger partial charge in [-0.15, -0.1) is 6.07 Å². The predicted molar refractivity (Wildman–Crippen MR) is 42.4 cm³/mol. The molecule has 0 atom stereocenters. The van der Waals surface area contributed by atoms with Crippen molar-refractivity contribution in [2.75, 3.05) is 0 Å². The van der Waals surface area contributed by atoms with Crippen LogP contribution in [0.25, 0.3) is 5.69 Å². The fraction of sp³-hybridized carbons (Fsp3) is 0. The number of rotatable bonds is 1. The molecule has 0 aliphatic carbocycles. The van der Waals surface area contributed by atoms with E-state index in [1.54, 1.807) is 10.9 Å². The maximum absolute atomic E-state index is 4.07. The van der Waals surface area contributed by atoms with Crippen molar-refractivity contribution in [1.82, 2.24) is 9.78 Å². The Bertz CT molecular complexity index is 316. The standard InChI is InChI=1S/C9H7N2.Ir/c1-2-5-9(6-3-1)11-8-4-7-10-11;/h1-5,7-8H;/q-1;. The van der Waals surface area contributed by atoms with Crippen molar-refractivity contribution in [1.29, 1.82) is 0 Å². The summed E-state index contributed by atoms with van der Waals surface area (Å²) in [7, 11) is 0. The summed E-state index contributed by atoms with van der Waals surface area (Å²) in [6.07, 6.45) is 3.65. The van der Waals surface area contributed by atoms with Gasteiger partial charge in [0.05, 0.1) is 0 Å². The first-order valence-corrected chi connectivity index (χ1v) is 3.43. The zero-order valence-corrected chi connectivity index (χ0v) is 8.66. The molecule has 1 radical (unpaired) electrons. The summed E-state index contributed by atoms with van der Waals surface area (Å²) >= 11 is 0. The first-order chi connectivity index (χ1) is 5.47. The summed E-state index contributed by atoms with van der Waals surface area (Å²) in [5.74, 6) is 0. The first-order valence-electron chi connectivity index (χ1n) is 3.43. The molecule has 1 heterocycles. The molecule has 0 saturated carbocycles. The van der Waals surface area contributed by atoms with Gasteiger partial charge in [0.1, 0.15) is 0 Å². The largest absolute Gasteiger partial charge is 0.266 e. The third-order valence-electron chi connectivity index (χ3n) is 1.44. The Morgan fingerprint density at radius 3 is 2.75 bits per heavy atom. The third kappa shape index (κ3) is 1.81. The van der Waals surface area contributed by atoms with Crippen molar-refractivity contribution < 1.29 is 20.1 Å². The van der Waals surface area contributed by atoms with Crippen LogP contribution in [0.15, 0.2) is 42.7 Å². The Morgan fingerprint density at radius 1 is 1.25 bits per heavy atom. The van der Waals surface area contributed by atoms with E-state index in [0.29, 0.717) is 0 Å². The molecule has 0 N–H and O–H groups in total. The van der Waals surface area contributed by atoms with Crippen LogP contribution in [0.1, 0.15) is 0 Å². The first kappa shape index (κ1) is 9.17. The molecule has 3 heteroatoms. The second kappa shape index (κ2) is 4.19. The maximum Gasteiger partial charge on any atom is 0.0493 e. The molecule has 1 aromatic heterocycles. The molecule has 2 nitrogen and oxygen atoms in total.